The maximum Gasteiger partial charge on any atom is 0.247 e. The van der Waals surface area contributed by atoms with Crippen molar-refractivity contribution in [3.05, 3.63) is 52.8 Å². The standard InChI is InChI=1S/C21H29N3O2/c1-5-8-19(24-16(3)13-15(2)22-24)21(25)23(4)14-20-18-10-7-6-9-17(18)11-12-26-20/h6-7,9-10,13,19-20H,5,8,11-12,14H2,1-4H3/t19-,20+/m1/s1. The number of rotatable bonds is 6. The molecule has 0 spiro atoms. The number of aryl methyl sites for hydroxylation is 2. The van der Waals surface area contributed by atoms with Crippen molar-refractivity contribution in [2.24, 2.45) is 0 Å². The summed E-state index contributed by atoms with van der Waals surface area (Å²) in [4.78, 5) is 15.0. The van der Waals surface area contributed by atoms with Crippen LogP contribution in [0.3, 0.4) is 0 Å². The second kappa shape index (κ2) is 8.04. The Balaban J connectivity index is 1.77. The van der Waals surface area contributed by atoms with Gasteiger partial charge in [-0.2, -0.15) is 5.10 Å². The highest BCUT2D eigenvalue weighted by atomic mass is 16.5. The normalized spacial score (nSPS) is 17.6. The van der Waals surface area contributed by atoms with Gasteiger partial charge in [-0.3, -0.25) is 9.48 Å². The monoisotopic (exact) mass is 355 g/mol. The third-order valence-corrected chi connectivity index (χ3v) is 5.10. The molecule has 0 unspecified atom stereocenters. The molecule has 2 aromatic rings. The summed E-state index contributed by atoms with van der Waals surface area (Å²) in [6.45, 7) is 7.35. The van der Waals surface area contributed by atoms with Crippen LogP contribution in [-0.4, -0.2) is 40.8 Å². The first-order valence-corrected chi connectivity index (χ1v) is 9.48. The highest BCUT2D eigenvalue weighted by molar-refractivity contribution is 5.80. The Labute approximate surface area is 156 Å². The average molecular weight is 355 g/mol. The van der Waals surface area contributed by atoms with E-state index in [9.17, 15) is 4.79 Å². The highest BCUT2D eigenvalue weighted by Crippen LogP contribution is 2.28. The maximum atomic E-state index is 13.2. The van der Waals surface area contributed by atoms with Gasteiger partial charge in [0.05, 0.1) is 18.8 Å². The Hall–Kier alpha value is -2.14. The van der Waals surface area contributed by atoms with Crippen LogP contribution in [0.15, 0.2) is 30.3 Å². The predicted octanol–water partition coefficient (Wildman–Crippen LogP) is 3.61. The number of hydrogen-bond donors (Lipinski definition) is 0. The zero-order valence-corrected chi connectivity index (χ0v) is 16.2. The van der Waals surface area contributed by atoms with E-state index in [1.54, 1.807) is 0 Å². The molecule has 3 rings (SSSR count). The largest absolute Gasteiger partial charge is 0.371 e. The van der Waals surface area contributed by atoms with Crippen molar-refractivity contribution in [3.63, 3.8) is 0 Å². The lowest BCUT2D eigenvalue weighted by Gasteiger charge is -2.31. The Morgan fingerprint density at radius 3 is 2.85 bits per heavy atom. The van der Waals surface area contributed by atoms with Crippen molar-refractivity contribution >= 4 is 5.91 Å². The number of carbonyl (C=O) groups excluding carboxylic acids is 1. The first kappa shape index (κ1) is 18.6. The Morgan fingerprint density at radius 2 is 2.15 bits per heavy atom. The smallest absolute Gasteiger partial charge is 0.247 e. The van der Waals surface area contributed by atoms with Gasteiger partial charge in [0.1, 0.15) is 12.1 Å². The molecular formula is C21H29N3O2. The molecular weight excluding hydrogens is 326 g/mol. The second-order valence-electron chi connectivity index (χ2n) is 7.20. The summed E-state index contributed by atoms with van der Waals surface area (Å²) in [5.41, 5.74) is 4.51. The summed E-state index contributed by atoms with van der Waals surface area (Å²) in [6, 6.07) is 10.1. The number of likely N-dealkylation sites (N-methyl/N-ethyl adjacent to an activating group) is 1. The summed E-state index contributed by atoms with van der Waals surface area (Å²) >= 11 is 0. The molecule has 1 aromatic carbocycles. The Morgan fingerprint density at radius 1 is 1.38 bits per heavy atom. The molecule has 5 heteroatoms. The molecule has 1 aliphatic rings. The van der Waals surface area contributed by atoms with E-state index in [2.05, 4.69) is 30.2 Å². The SMILES string of the molecule is CCC[C@H](C(=O)N(C)C[C@@H]1OCCc2ccccc21)n1nc(C)cc1C. The van der Waals surface area contributed by atoms with Crippen LogP contribution in [-0.2, 0) is 16.0 Å². The lowest BCUT2D eigenvalue weighted by Crippen LogP contribution is -2.39. The van der Waals surface area contributed by atoms with Gasteiger partial charge in [-0.05, 0) is 43.9 Å². The number of hydrogen-bond acceptors (Lipinski definition) is 3. The number of aromatic nitrogens is 2. The first-order chi connectivity index (χ1) is 12.5. The van der Waals surface area contributed by atoms with Crippen molar-refractivity contribution in [2.45, 2.75) is 52.2 Å². The maximum absolute atomic E-state index is 13.2. The van der Waals surface area contributed by atoms with E-state index in [4.69, 9.17) is 4.74 Å². The molecule has 0 saturated carbocycles. The molecule has 1 amide bonds. The van der Waals surface area contributed by atoms with Crippen LogP contribution in [0.4, 0.5) is 0 Å². The molecule has 0 saturated heterocycles. The van der Waals surface area contributed by atoms with Crippen LogP contribution < -0.4 is 0 Å². The van der Waals surface area contributed by atoms with Crippen LogP contribution >= 0.6 is 0 Å². The third kappa shape index (κ3) is 3.83. The summed E-state index contributed by atoms with van der Waals surface area (Å²) in [7, 11) is 1.87. The fourth-order valence-corrected chi connectivity index (χ4v) is 3.81. The van der Waals surface area contributed by atoms with E-state index < -0.39 is 0 Å². The molecule has 1 aliphatic heterocycles. The van der Waals surface area contributed by atoms with Gasteiger partial charge in [0, 0.05) is 12.7 Å². The van der Waals surface area contributed by atoms with E-state index in [1.807, 2.05) is 42.6 Å². The van der Waals surface area contributed by atoms with Gasteiger partial charge >= 0.3 is 0 Å². The van der Waals surface area contributed by atoms with Gasteiger partial charge in [-0.15, -0.1) is 0 Å². The Bertz CT molecular complexity index is 768. The van der Waals surface area contributed by atoms with Gasteiger partial charge in [0.25, 0.3) is 0 Å². The van der Waals surface area contributed by atoms with Crippen molar-refractivity contribution in [1.82, 2.24) is 14.7 Å². The minimum Gasteiger partial charge on any atom is -0.371 e. The number of fused-ring (bicyclic) bond motifs is 1. The fraction of sp³-hybridized carbons (Fsp3) is 0.524. The molecule has 0 bridgehead atoms. The highest BCUT2D eigenvalue weighted by Gasteiger charge is 2.29. The van der Waals surface area contributed by atoms with Gasteiger partial charge in [0.15, 0.2) is 0 Å². The number of benzene rings is 1. The van der Waals surface area contributed by atoms with Crippen molar-refractivity contribution < 1.29 is 9.53 Å². The lowest BCUT2D eigenvalue weighted by atomic mass is 9.97. The molecule has 5 nitrogen and oxygen atoms in total. The van der Waals surface area contributed by atoms with E-state index in [-0.39, 0.29) is 18.1 Å². The van der Waals surface area contributed by atoms with Crippen LogP contribution in [0.5, 0.6) is 0 Å². The fourth-order valence-electron chi connectivity index (χ4n) is 3.81. The van der Waals surface area contributed by atoms with Gasteiger partial charge in [0.2, 0.25) is 5.91 Å². The molecule has 0 N–H and O–H groups in total. The average Bonchev–Trinajstić information content (AvgIpc) is 2.97. The van der Waals surface area contributed by atoms with Gasteiger partial charge in [-0.25, -0.2) is 0 Å². The molecule has 26 heavy (non-hydrogen) atoms. The van der Waals surface area contributed by atoms with E-state index in [1.165, 1.54) is 11.1 Å². The van der Waals surface area contributed by atoms with Crippen LogP contribution in [0.25, 0.3) is 0 Å². The van der Waals surface area contributed by atoms with Crippen LogP contribution in [0.2, 0.25) is 0 Å². The van der Waals surface area contributed by atoms with E-state index >= 15 is 0 Å². The van der Waals surface area contributed by atoms with Gasteiger partial charge in [-0.1, -0.05) is 37.6 Å². The van der Waals surface area contributed by atoms with Crippen LogP contribution in [0, 0.1) is 13.8 Å². The number of carbonyl (C=O) groups is 1. The molecule has 0 fully saturated rings. The molecule has 2 heterocycles. The minimum atomic E-state index is -0.252. The minimum absolute atomic E-state index is 0.0587. The number of amides is 1. The quantitative estimate of drug-likeness (QED) is 0.795. The summed E-state index contributed by atoms with van der Waals surface area (Å²) in [6.07, 6.45) is 2.60. The van der Waals surface area contributed by atoms with Crippen molar-refractivity contribution in [1.29, 1.82) is 0 Å². The van der Waals surface area contributed by atoms with E-state index in [0.29, 0.717) is 13.2 Å². The molecule has 1 aromatic heterocycles. The second-order valence-corrected chi connectivity index (χ2v) is 7.20. The number of nitrogens with zero attached hydrogens (tertiary/aromatic N) is 3. The molecule has 0 aliphatic carbocycles. The number of ether oxygens (including phenoxy) is 1. The van der Waals surface area contributed by atoms with Gasteiger partial charge < -0.3 is 9.64 Å². The van der Waals surface area contributed by atoms with Crippen molar-refractivity contribution in [2.75, 3.05) is 20.2 Å². The molecule has 2 atom stereocenters. The summed E-state index contributed by atoms with van der Waals surface area (Å²) < 4.78 is 7.86. The summed E-state index contributed by atoms with van der Waals surface area (Å²) in [5.74, 6) is 0.102. The summed E-state index contributed by atoms with van der Waals surface area (Å²) in [5, 5.41) is 4.55. The zero-order chi connectivity index (χ0) is 18.7. The lowest BCUT2D eigenvalue weighted by molar-refractivity contribution is -0.136. The molecule has 0 radical (unpaired) electrons. The predicted molar refractivity (Wildman–Crippen MR) is 102 cm³/mol. The molecule has 140 valence electrons. The first-order valence-electron chi connectivity index (χ1n) is 9.48. The third-order valence-electron chi connectivity index (χ3n) is 5.10. The van der Waals surface area contributed by atoms with Crippen molar-refractivity contribution in [3.8, 4) is 0 Å². The van der Waals surface area contributed by atoms with E-state index in [0.717, 1.165) is 30.7 Å². The zero-order valence-electron chi connectivity index (χ0n) is 16.2. The Kier molecular flexibility index (Phi) is 5.77. The van der Waals surface area contributed by atoms with Crippen LogP contribution in [0.1, 0.15) is 54.4 Å². The topological polar surface area (TPSA) is 47.4 Å².